The molecule has 0 nitrogen and oxygen atoms in total. The molecule has 0 aliphatic heterocycles. The highest BCUT2D eigenvalue weighted by atomic mass is 14.2. The van der Waals surface area contributed by atoms with Gasteiger partial charge in [0.15, 0.2) is 0 Å². The molecule has 0 heteroatoms. The summed E-state index contributed by atoms with van der Waals surface area (Å²) in [7, 11) is 0. The highest BCUT2D eigenvalue weighted by Gasteiger charge is 2.13. The third-order valence-corrected chi connectivity index (χ3v) is 4.21. The molecule has 1 unspecified atom stereocenters. The molecule has 3 rings (SSSR count). The minimum absolute atomic E-state index is 0.285. The number of allylic oxidation sites excluding steroid dienone is 1. The quantitative estimate of drug-likeness (QED) is 0.534. The second kappa shape index (κ2) is 7.60. The summed E-state index contributed by atoms with van der Waals surface area (Å²) in [6.07, 6.45) is 5.60. The minimum atomic E-state index is 0.285. The molecule has 114 valence electrons. The van der Waals surface area contributed by atoms with E-state index in [1.165, 1.54) is 22.3 Å². The molecule has 0 radical (unpaired) electrons. The number of hydrogen-bond acceptors (Lipinski definition) is 0. The van der Waals surface area contributed by atoms with Gasteiger partial charge in [-0.25, -0.2) is 0 Å². The Labute approximate surface area is 139 Å². The first kappa shape index (κ1) is 15.3. The van der Waals surface area contributed by atoms with E-state index < -0.39 is 0 Å². The van der Waals surface area contributed by atoms with Crippen molar-refractivity contribution in [2.24, 2.45) is 0 Å². The predicted octanol–water partition coefficient (Wildman–Crippen LogP) is 6.09. The fraction of sp³-hybridized carbons (Fsp3) is 0.130. The molecule has 0 bridgehead atoms. The predicted molar refractivity (Wildman–Crippen MR) is 99.6 cm³/mol. The van der Waals surface area contributed by atoms with Gasteiger partial charge in [-0.1, -0.05) is 104 Å². The van der Waals surface area contributed by atoms with E-state index in [1.54, 1.807) is 0 Å². The average Bonchev–Trinajstić information content (AvgIpc) is 2.64. The zero-order valence-electron chi connectivity index (χ0n) is 13.5. The van der Waals surface area contributed by atoms with Crippen molar-refractivity contribution in [3.63, 3.8) is 0 Å². The summed E-state index contributed by atoms with van der Waals surface area (Å²) in [5, 5.41) is 0. The number of aryl methyl sites for hydroxylation is 1. The van der Waals surface area contributed by atoms with Crippen LogP contribution in [0.4, 0.5) is 0 Å². The van der Waals surface area contributed by atoms with Gasteiger partial charge in [0.25, 0.3) is 0 Å². The van der Waals surface area contributed by atoms with Crippen molar-refractivity contribution in [2.45, 2.75) is 19.3 Å². The molecule has 3 aromatic carbocycles. The van der Waals surface area contributed by atoms with Crippen LogP contribution in [0.25, 0.3) is 6.08 Å². The van der Waals surface area contributed by atoms with E-state index in [0.717, 1.165) is 6.42 Å². The Morgan fingerprint density at radius 3 is 2.04 bits per heavy atom. The maximum Gasteiger partial charge on any atom is 0.0275 e. The van der Waals surface area contributed by atoms with Crippen LogP contribution < -0.4 is 0 Å². The molecule has 0 amide bonds. The zero-order chi connectivity index (χ0) is 15.9. The van der Waals surface area contributed by atoms with E-state index in [0.29, 0.717) is 0 Å². The van der Waals surface area contributed by atoms with Crippen LogP contribution in [0.1, 0.15) is 35.1 Å². The highest BCUT2D eigenvalue weighted by Crippen LogP contribution is 2.29. The normalized spacial score (nSPS) is 12.4. The van der Waals surface area contributed by atoms with Crippen LogP contribution in [-0.4, -0.2) is 0 Å². The molecular formula is C23H22. The Balaban J connectivity index is 2.03. The Morgan fingerprint density at radius 2 is 1.35 bits per heavy atom. The molecule has 0 saturated heterocycles. The number of benzene rings is 3. The first-order valence-corrected chi connectivity index (χ1v) is 8.24. The molecule has 0 fully saturated rings. The summed E-state index contributed by atoms with van der Waals surface area (Å²) in [6, 6.07) is 30.0. The van der Waals surface area contributed by atoms with Gasteiger partial charge in [0.1, 0.15) is 0 Å². The fourth-order valence-electron chi connectivity index (χ4n) is 2.99. The third-order valence-electron chi connectivity index (χ3n) is 4.21. The van der Waals surface area contributed by atoms with Gasteiger partial charge in [-0.2, -0.15) is 0 Å². The van der Waals surface area contributed by atoms with Gasteiger partial charge in [0.2, 0.25) is 0 Å². The summed E-state index contributed by atoms with van der Waals surface area (Å²) in [5.41, 5.74) is 5.38. The van der Waals surface area contributed by atoms with E-state index in [9.17, 15) is 0 Å². The van der Waals surface area contributed by atoms with Gasteiger partial charge in [0.05, 0.1) is 0 Å². The summed E-state index contributed by atoms with van der Waals surface area (Å²) in [5.74, 6) is 0.285. The van der Waals surface area contributed by atoms with Crippen molar-refractivity contribution in [3.05, 3.63) is 113 Å². The van der Waals surface area contributed by atoms with Gasteiger partial charge in [0, 0.05) is 5.92 Å². The van der Waals surface area contributed by atoms with Crippen molar-refractivity contribution in [1.29, 1.82) is 0 Å². The number of rotatable bonds is 5. The third kappa shape index (κ3) is 3.78. The van der Waals surface area contributed by atoms with Gasteiger partial charge < -0.3 is 0 Å². The van der Waals surface area contributed by atoms with Crippen LogP contribution in [-0.2, 0) is 6.42 Å². The molecule has 0 spiro atoms. The Morgan fingerprint density at radius 1 is 0.739 bits per heavy atom. The fourth-order valence-corrected chi connectivity index (χ4v) is 2.99. The number of hydrogen-bond donors (Lipinski definition) is 0. The molecule has 3 aromatic rings. The molecule has 0 N–H and O–H groups in total. The van der Waals surface area contributed by atoms with E-state index in [1.807, 2.05) is 0 Å². The molecule has 0 aliphatic carbocycles. The average molecular weight is 298 g/mol. The summed E-state index contributed by atoms with van der Waals surface area (Å²) in [6.45, 7) is 2.22. The van der Waals surface area contributed by atoms with Crippen LogP contribution in [0.5, 0.6) is 0 Å². The van der Waals surface area contributed by atoms with Crippen LogP contribution in [0.2, 0.25) is 0 Å². The second-order valence-corrected chi connectivity index (χ2v) is 5.71. The summed E-state index contributed by atoms with van der Waals surface area (Å²) in [4.78, 5) is 0. The van der Waals surface area contributed by atoms with Crippen molar-refractivity contribution in [3.8, 4) is 0 Å². The lowest BCUT2D eigenvalue weighted by atomic mass is 9.86. The van der Waals surface area contributed by atoms with E-state index in [4.69, 9.17) is 0 Å². The Bertz CT molecular complexity index is 754. The smallest absolute Gasteiger partial charge is 0.0275 e. The van der Waals surface area contributed by atoms with Gasteiger partial charge in [-0.15, -0.1) is 0 Å². The maximum atomic E-state index is 2.32. The SMILES string of the molecule is CCc1ccccc1C(/C=C/c1ccccc1)c1ccccc1. The summed E-state index contributed by atoms with van der Waals surface area (Å²) >= 11 is 0. The van der Waals surface area contributed by atoms with Crippen molar-refractivity contribution < 1.29 is 0 Å². The molecule has 1 atom stereocenters. The van der Waals surface area contributed by atoms with Crippen molar-refractivity contribution >= 4 is 6.08 Å². The lowest BCUT2D eigenvalue weighted by Gasteiger charge is -2.17. The van der Waals surface area contributed by atoms with Gasteiger partial charge in [-0.3, -0.25) is 0 Å². The molecule has 0 aromatic heterocycles. The molecule has 0 aliphatic rings. The lowest BCUT2D eigenvalue weighted by Crippen LogP contribution is -2.01. The first-order chi connectivity index (χ1) is 11.4. The van der Waals surface area contributed by atoms with E-state index in [2.05, 4.69) is 104 Å². The Kier molecular flexibility index (Phi) is 5.06. The molecule has 0 saturated carbocycles. The topological polar surface area (TPSA) is 0 Å². The minimum Gasteiger partial charge on any atom is -0.0720 e. The van der Waals surface area contributed by atoms with Crippen LogP contribution >= 0.6 is 0 Å². The largest absolute Gasteiger partial charge is 0.0720 e. The van der Waals surface area contributed by atoms with E-state index >= 15 is 0 Å². The molecule has 23 heavy (non-hydrogen) atoms. The van der Waals surface area contributed by atoms with Gasteiger partial charge >= 0.3 is 0 Å². The molecule has 0 heterocycles. The second-order valence-electron chi connectivity index (χ2n) is 5.71. The van der Waals surface area contributed by atoms with E-state index in [-0.39, 0.29) is 5.92 Å². The lowest BCUT2D eigenvalue weighted by molar-refractivity contribution is 0.976. The highest BCUT2D eigenvalue weighted by molar-refractivity contribution is 5.53. The monoisotopic (exact) mass is 298 g/mol. The standard InChI is InChI=1S/C23H22/c1-2-20-13-9-10-16-22(20)23(21-14-7-4-8-15-21)18-17-19-11-5-3-6-12-19/h3-18,23H,2H2,1H3/b18-17+. The Hall–Kier alpha value is -2.60. The first-order valence-electron chi connectivity index (χ1n) is 8.24. The van der Waals surface area contributed by atoms with Gasteiger partial charge in [-0.05, 0) is 28.7 Å². The van der Waals surface area contributed by atoms with Crippen molar-refractivity contribution in [1.82, 2.24) is 0 Å². The molecular weight excluding hydrogens is 276 g/mol. The maximum absolute atomic E-state index is 2.32. The summed E-state index contributed by atoms with van der Waals surface area (Å²) < 4.78 is 0. The zero-order valence-corrected chi connectivity index (χ0v) is 13.5. The van der Waals surface area contributed by atoms with Crippen LogP contribution in [0.15, 0.2) is 91.0 Å². The van der Waals surface area contributed by atoms with Crippen molar-refractivity contribution in [2.75, 3.05) is 0 Å². The van der Waals surface area contributed by atoms with Crippen LogP contribution in [0, 0.1) is 0 Å². The van der Waals surface area contributed by atoms with Crippen LogP contribution in [0.3, 0.4) is 0 Å².